The number of anilines is 1. The third kappa shape index (κ3) is 4.43. The van der Waals surface area contributed by atoms with Crippen LogP contribution in [0.15, 0.2) is 58.4 Å². The highest BCUT2D eigenvalue weighted by Crippen LogP contribution is 2.09. The number of aromatic amines is 1. The predicted molar refractivity (Wildman–Crippen MR) is 120 cm³/mol. The van der Waals surface area contributed by atoms with E-state index < -0.39 is 5.56 Å². The van der Waals surface area contributed by atoms with Crippen molar-refractivity contribution in [2.24, 2.45) is 0 Å². The van der Waals surface area contributed by atoms with Gasteiger partial charge in [0.2, 0.25) is 5.91 Å². The van der Waals surface area contributed by atoms with E-state index in [4.69, 9.17) is 5.73 Å². The van der Waals surface area contributed by atoms with Gasteiger partial charge in [-0.2, -0.15) is 0 Å². The number of rotatable bonds is 7. The van der Waals surface area contributed by atoms with Crippen molar-refractivity contribution in [3.05, 3.63) is 86.6 Å². The molecule has 0 fully saturated rings. The van der Waals surface area contributed by atoms with Crippen LogP contribution >= 0.6 is 0 Å². The van der Waals surface area contributed by atoms with Crippen molar-refractivity contribution in [1.29, 1.82) is 0 Å². The van der Waals surface area contributed by atoms with Gasteiger partial charge in [-0.1, -0.05) is 12.1 Å². The van der Waals surface area contributed by atoms with Crippen LogP contribution < -0.4 is 22.3 Å². The number of nitrogens with zero attached hydrogens (tertiary/aromatic N) is 4. The number of aromatic nitrogens is 5. The van der Waals surface area contributed by atoms with Crippen molar-refractivity contribution >= 4 is 22.8 Å². The molecule has 4 N–H and O–H groups in total. The highest BCUT2D eigenvalue weighted by Gasteiger charge is 2.13. The van der Waals surface area contributed by atoms with Crippen LogP contribution in [0.1, 0.15) is 17.0 Å². The second-order valence-corrected chi connectivity index (χ2v) is 7.42. The summed E-state index contributed by atoms with van der Waals surface area (Å²) in [6.07, 6.45) is 3.77. The summed E-state index contributed by atoms with van der Waals surface area (Å²) in [5.74, 6) is 0.0815. The molecule has 0 saturated heterocycles. The molecule has 0 bridgehead atoms. The number of hydrogen-bond acceptors (Lipinski definition) is 6. The number of nitrogen functional groups attached to an aromatic ring is 1. The molecule has 32 heavy (non-hydrogen) atoms. The smallest absolute Gasteiger partial charge is 0.326 e. The number of pyridine rings is 3. The summed E-state index contributed by atoms with van der Waals surface area (Å²) < 4.78 is 2.78. The van der Waals surface area contributed by atoms with Gasteiger partial charge < -0.3 is 20.6 Å². The summed E-state index contributed by atoms with van der Waals surface area (Å²) in [6.45, 7) is 2.30. The summed E-state index contributed by atoms with van der Waals surface area (Å²) in [6, 6.07) is 10.7. The number of H-pyrrole nitrogens is 1. The summed E-state index contributed by atoms with van der Waals surface area (Å²) >= 11 is 0. The standard InChI is InChI=1S/C22H23N7O3/c1-14-15(5-6-18(23)26-14)12-25-19(30)13-28-10-8-17-20(21(28)31)27-22(32)29(17)11-7-16-4-2-3-9-24-16/h2-6,8-10H,7,11-13H2,1H3,(H2,23,26)(H,25,30)(H,27,32). The lowest BCUT2D eigenvalue weighted by Gasteiger charge is -2.10. The number of nitrogens with two attached hydrogens (primary N) is 1. The summed E-state index contributed by atoms with van der Waals surface area (Å²) in [4.78, 5) is 48.7. The van der Waals surface area contributed by atoms with Crippen molar-refractivity contribution in [3.63, 3.8) is 0 Å². The van der Waals surface area contributed by atoms with Crippen molar-refractivity contribution in [2.45, 2.75) is 33.0 Å². The van der Waals surface area contributed by atoms with E-state index in [0.717, 1.165) is 17.0 Å². The molecule has 4 heterocycles. The van der Waals surface area contributed by atoms with Gasteiger partial charge in [-0.3, -0.25) is 19.1 Å². The molecular formula is C22H23N7O3. The van der Waals surface area contributed by atoms with E-state index in [1.165, 1.54) is 15.3 Å². The van der Waals surface area contributed by atoms with Gasteiger partial charge in [0.15, 0.2) is 0 Å². The van der Waals surface area contributed by atoms with Crippen molar-refractivity contribution in [3.8, 4) is 0 Å². The zero-order valence-corrected chi connectivity index (χ0v) is 17.5. The Bertz CT molecular complexity index is 1390. The van der Waals surface area contributed by atoms with E-state index in [-0.39, 0.29) is 30.2 Å². The molecule has 0 saturated carbocycles. The number of fused-ring (bicyclic) bond motifs is 1. The number of carbonyl (C=O) groups is 1. The normalized spacial score (nSPS) is 11.0. The van der Waals surface area contributed by atoms with Gasteiger partial charge >= 0.3 is 5.69 Å². The molecule has 0 unspecified atom stereocenters. The van der Waals surface area contributed by atoms with E-state index >= 15 is 0 Å². The molecular weight excluding hydrogens is 410 g/mol. The summed E-state index contributed by atoms with van der Waals surface area (Å²) in [7, 11) is 0. The molecule has 10 nitrogen and oxygen atoms in total. The van der Waals surface area contributed by atoms with Gasteiger partial charge in [0.05, 0.1) is 5.52 Å². The Hall–Kier alpha value is -4.21. The zero-order valence-electron chi connectivity index (χ0n) is 17.5. The average molecular weight is 433 g/mol. The summed E-state index contributed by atoms with van der Waals surface area (Å²) in [5, 5.41) is 2.77. The topological polar surface area (TPSA) is 141 Å². The molecule has 0 radical (unpaired) electrons. The van der Waals surface area contributed by atoms with E-state index in [2.05, 4.69) is 20.3 Å². The van der Waals surface area contributed by atoms with Crippen molar-refractivity contribution in [2.75, 3.05) is 5.73 Å². The minimum absolute atomic E-state index is 0.169. The van der Waals surface area contributed by atoms with Crippen LogP contribution in [0, 0.1) is 6.92 Å². The van der Waals surface area contributed by atoms with Crippen molar-refractivity contribution < 1.29 is 4.79 Å². The van der Waals surface area contributed by atoms with Gasteiger partial charge in [-0.15, -0.1) is 0 Å². The molecule has 0 atom stereocenters. The van der Waals surface area contributed by atoms with Crippen molar-refractivity contribution in [1.82, 2.24) is 29.4 Å². The molecule has 0 aliphatic heterocycles. The van der Waals surface area contributed by atoms with Crippen LogP contribution in [0.25, 0.3) is 11.0 Å². The fourth-order valence-corrected chi connectivity index (χ4v) is 3.51. The lowest BCUT2D eigenvalue weighted by molar-refractivity contribution is -0.121. The quantitative estimate of drug-likeness (QED) is 0.392. The molecule has 0 aliphatic rings. The van der Waals surface area contributed by atoms with Crippen LogP contribution in [0.5, 0.6) is 0 Å². The highest BCUT2D eigenvalue weighted by molar-refractivity contribution is 5.77. The maximum atomic E-state index is 12.8. The molecule has 4 aromatic heterocycles. The maximum Gasteiger partial charge on any atom is 0.326 e. The molecule has 10 heteroatoms. The molecule has 0 spiro atoms. The largest absolute Gasteiger partial charge is 0.384 e. The fourth-order valence-electron chi connectivity index (χ4n) is 3.51. The van der Waals surface area contributed by atoms with Gasteiger partial charge in [0, 0.05) is 43.3 Å². The average Bonchev–Trinajstić information content (AvgIpc) is 3.10. The molecule has 164 valence electrons. The summed E-state index contributed by atoms with van der Waals surface area (Å²) in [5.41, 5.74) is 7.92. The lowest BCUT2D eigenvalue weighted by Crippen LogP contribution is -2.32. The maximum absolute atomic E-state index is 12.8. The first-order valence-electron chi connectivity index (χ1n) is 10.1. The first-order chi connectivity index (χ1) is 15.4. The zero-order chi connectivity index (χ0) is 22.7. The minimum atomic E-state index is -0.434. The second-order valence-electron chi connectivity index (χ2n) is 7.42. The second kappa shape index (κ2) is 8.88. The number of carbonyl (C=O) groups excluding carboxylic acids is 1. The Kier molecular flexibility index (Phi) is 5.84. The van der Waals surface area contributed by atoms with Gasteiger partial charge in [0.25, 0.3) is 5.56 Å². The highest BCUT2D eigenvalue weighted by atomic mass is 16.2. The van der Waals surface area contributed by atoms with Gasteiger partial charge in [0.1, 0.15) is 17.9 Å². The Labute approximate surface area is 182 Å². The van der Waals surface area contributed by atoms with E-state index in [1.54, 1.807) is 24.4 Å². The predicted octanol–water partition coefficient (Wildman–Crippen LogP) is 0.731. The third-order valence-corrected chi connectivity index (χ3v) is 5.24. The SMILES string of the molecule is Cc1nc(N)ccc1CNC(=O)Cn1ccc2c([nH]c(=O)n2CCc2ccccn2)c1=O. The Balaban J connectivity index is 1.48. The van der Waals surface area contributed by atoms with Crippen LogP contribution in [0.3, 0.4) is 0 Å². The molecule has 4 aromatic rings. The first-order valence-corrected chi connectivity index (χ1v) is 10.1. The monoisotopic (exact) mass is 433 g/mol. The first kappa shape index (κ1) is 21.0. The number of aryl methyl sites for hydroxylation is 3. The van der Waals surface area contributed by atoms with Crippen LogP contribution in [-0.2, 0) is 30.8 Å². The molecule has 4 rings (SSSR count). The third-order valence-electron chi connectivity index (χ3n) is 5.24. The van der Waals surface area contributed by atoms with E-state index in [1.807, 2.05) is 25.1 Å². The molecule has 1 amide bonds. The molecule has 0 aliphatic carbocycles. The van der Waals surface area contributed by atoms with E-state index in [0.29, 0.717) is 24.3 Å². The lowest BCUT2D eigenvalue weighted by atomic mass is 10.2. The number of hydrogen-bond donors (Lipinski definition) is 3. The van der Waals surface area contributed by atoms with Crippen LogP contribution in [-0.4, -0.2) is 30.0 Å². The Morgan fingerprint density at radius 3 is 2.78 bits per heavy atom. The van der Waals surface area contributed by atoms with E-state index in [9.17, 15) is 14.4 Å². The fraction of sp³-hybridized carbons (Fsp3) is 0.227. The number of imidazole rings is 1. The Morgan fingerprint density at radius 2 is 2.03 bits per heavy atom. The minimum Gasteiger partial charge on any atom is -0.384 e. The Morgan fingerprint density at radius 1 is 1.19 bits per heavy atom. The number of nitrogens with one attached hydrogen (secondary N) is 2. The molecule has 0 aromatic carbocycles. The number of amides is 1. The van der Waals surface area contributed by atoms with Crippen LogP contribution in [0.2, 0.25) is 0 Å². The van der Waals surface area contributed by atoms with Gasteiger partial charge in [-0.05, 0) is 36.8 Å². The van der Waals surface area contributed by atoms with Crippen LogP contribution in [0.4, 0.5) is 5.82 Å². The van der Waals surface area contributed by atoms with Gasteiger partial charge in [-0.25, -0.2) is 9.78 Å².